The fraction of sp³-hybridized carbons (Fsp3) is 0.0769. The predicted molar refractivity (Wildman–Crippen MR) is 85.3 cm³/mol. The van der Waals surface area contributed by atoms with Crippen molar-refractivity contribution in [2.24, 2.45) is 10.9 Å². The van der Waals surface area contributed by atoms with Gasteiger partial charge < -0.3 is 11.1 Å². The Hall–Kier alpha value is -2.03. The third kappa shape index (κ3) is 4.22. The van der Waals surface area contributed by atoms with Gasteiger partial charge in [0.05, 0.1) is 4.90 Å². The van der Waals surface area contributed by atoms with Gasteiger partial charge in [-0.05, 0) is 29.8 Å². The van der Waals surface area contributed by atoms with Crippen LogP contribution in [-0.4, -0.2) is 18.4 Å². The molecular formula is C13H14N4O2S2. The van der Waals surface area contributed by atoms with E-state index in [1.54, 1.807) is 30.5 Å². The second-order valence-corrected chi connectivity index (χ2v) is 6.34. The minimum absolute atomic E-state index is 0.0832. The number of aromatic nitrogens is 1. The van der Waals surface area contributed by atoms with E-state index in [1.807, 2.05) is 0 Å². The molecule has 2 rings (SSSR count). The number of primary sulfonamides is 1. The van der Waals surface area contributed by atoms with E-state index in [9.17, 15) is 8.42 Å². The van der Waals surface area contributed by atoms with E-state index in [2.05, 4.69) is 10.3 Å². The van der Waals surface area contributed by atoms with E-state index in [1.165, 1.54) is 12.1 Å². The molecule has 2 aromatic rings. The van der Waals surface area contributed by atoms with Crippen LogP contribution < -0.4 is 16.2 Å². The number of rotatable bonds is 5. The third-order valence-corrected chi connectivity index (χ3v) is 3.93. The minimum Gasteiger partial charge on any atom is -0.389 e. The number of hydrogen-bond donors (Lipinski definition) is 3. The zero-order valence-electron chi connectivity index (χ0n) is 11.0. The molecule has 1 aromatic carbocycles. The molecule has 0 aliphatic heterocycles. The van der Waals surface area contributed by atoms with Gasteiger partial charge in [0.2, 0.25) is 10.0 Å². The van der Waals surface area contributed by atoms with Crippen molar-refractivity contribution >= 4 is 33.0 Å². The molecular weight excluding hydrogens is 308 g/mol. The molecule has 0 bridgehead atoms. The number of anilines is 1. The zero-order valence-corrected chi connectivity index (χ0v) is 12.6. The van der Waals surface area contributed by atoms with Gasteiger partial charge in [0.25, 0.3) is 0 Å². The summed E-state index contributed by atoms with van der Waals surface area (Å²) in [6.45, 7) is 0.485. The van der Waals surface area contributed by atoms with Crippen molar-refractivity contribution in [2.75, 3.05) is 5.32 Å². The van der Waals surface area contributed by atoms with Gasteiger partial charge in [-0.2, -0.15) is 0 Å². The number of nitrogens with two attached hydrogens (primary N) is 2. The van der Waals surface area contributed by atoms with Crippen LogP contribution in [0.15, 0.2) is 47.5 Å². The topological polar surface area (TPSA) is 111 Å². The Labute approximate surface area is 128 Å². The van der Waals surface area contributed by atoms with Crippen LogP contribution in [0.1, 0.15) is 11.1 Å². The van der Waals surface area contributed by atoms with Gasteiger partial charge in [-0.1, -0.05) is 24.4 Å². The van der Waals surface area contributed by atoms with Gasteiger partial charge in [-0.25, -0.2) is 18.5 Å². The van der Waals surface area contributed by atoms with Gasteiger partial charge in [0.1, 0.15) is 10.8 Å². The Morgan fingerprint density at radius 3 is 2.48 bits per heavy atom. The number of benzene rings is 1. The Morgan fingerprint density at radius 1 is 1.24 bits per heavy atom. The first-order chi connectivity index (χ1) is 9.86. The first kappa shape index (κ1) is 15.4. The van der Waals surface area contributed by atoms with Crippen LogP contribution in [0.3, 0.4) is 0 Å². The Kier molecular flexibility index (Phi) is 4.51. The number of nitrogens with zero attached hydrogens (tertiary/aromatic N) is 1. The number of hydrogen-bond acceptors (Lipinski definition) is 5. The van der Waals surface area contributed by atoms with Gasteiger partial charge in [0, 0.05) is 18.3 Å². The molecule has 110 valence electrons. The van der Waals surface area contributed by atoms with Crippen molar-refractivity contribution in [1.82, 2.24) is 4.98 Å². The van der Waals surface area contributed by atoms with Crippen molar-refractivity contribution in [1.29, 1.82) is 0 Å². The summed E-state index contributed by atoms with van der Waals surface area (Å²) >= 11 is 4.90. The molecule has 0 saturated heterocycles. The zero-order chi connectivity index (χ0) is 15.5. The van der Waals surface area contributed by atoms with Gasteiger partial charge in [0.15, 0.2) is 0 Å². The second-order valence-electron chi connectivity index (χ2n) is 4.34. The molecule has 21 heavy (non-hydrogen) atoms. The van der Waals surface area contributed by atoms with Crippen LogP contribution in [0.2, 0.25) is 0 Å². The first-order valence-corrected chi connectivity index (χ1v) is 7.93. The molecule has 0 radical (unpaired) electrons. The van der Waals surface area contributed by atoms with Crippen LogP contribution >= 0.6 is 12.2 Å². The highest BCUT2D eigenvalue weighted by Crippen LogP contribution is 2.11. The quantitative estimate of drug-likeness (QED) is 0.708. The number of thiocarbonyl (C=S) groups is 1. The Bertz CT molecular complexity index is 758. The average molecular weight is 322 g/mol. The summed E-state index contributed by atoms with van der Waals surface area (Å²) in [5, 5.41) is 8.15. The van der Waals surface area contributed by atoms with Gasteiger partial charge in [-0.15, -0.1) is 0 Å². The lowest BCUT2D eigenvalue weighted by atomic mass is 10.2. The summed E-state index contributed by atoms with van der Waals surface area (Å²) < 4.78 is 22.3. The second kappa shape index (κ2) is 6.17. The van der Waals surface area contributed by atoms with E-state index in [4.69, 9.17) is 23.1 Å². The predicted octanol–water partition coefficient (Wildman–Crippen LogP) is 0.975. The van der Waals surface area contributed by atoms with Crippen molar-refractivity contribution in [3.63, 3.8) is 0 Å². The number of nitrogens with one attached hydrogen (secondary N) is 1. The smallest absolute Gasteiger partial charge is 0.238 e. The summed E-state index contributed by atoms with van der Waals surface area (Å²) in [4.78, 5) is 4.54. The fourth-order valence-corrected chi connectivity index (χ4v) is 2.31. The van der Waals surface area contributed by atoms with Crippen LogP contribution in [-0.2, 0) is 16.6 Å². The maximum Gasteiger partial charge on any atom is 0.238 e. The molecule has 0 aliphatic rings. The first-order valence-electron chi connectivity index (χ1n) is 5.98. The van der Waals surface area contributed by atoms with E-state index in [0.717, 1.165) is 11.1 Å². The average Bonchev–Trinajstić information content (AvgIpc) is 2.45. The lowest BCUT2D eigenvalue weighted by Gasteiger charge is -2.07. The van der Waals surface area contributed by atoms with Gasteiger partial charge in [-0.3, -0.25) is 0 Å². The highest BCUT2D eigenvalue weighted by Gasteiger charge is 2.06. The third-order valence-electron chi connectivity index (χ3n) is 2.77. The lowest BCUT2D eigenvalue weighted by Crippen LogP contribution is -2.12. The number of sulfonamides is 1. The summed E-state index contributed by atoms with van der Waals surface area (Å²) in [5.41, 5.74) is 7.18. The summed E-state index contributed by atoms with van der Waals surface area (Å²) in [5.74, 6) is 0.635. The SMILES string of the molecule is NC(=S)c1ccnc(NCc2ccc(S(N)(=O)=O)cc2)c1. The summed E-state index contributed by atoms with van der Waals surface area (Å²) in [6, 6.07) is 9.78. The molecule has 5 N–H and O–H groups in total. The summed E-state index contributed by atoms with van der Waals surface area (Å²) in [7, 11) is -3.66. The van der Waals surface area contributed by atoms with E-state index < -0.39 is 10.0 Å². The van der Waals surface area contributed by atoms with Crippen molar-refractivity contribution in [3.8, 4) is 0 Å². The van der Waals surface area contributed by atoms with E-state index in [-0.39, 0.29) is 4.90 Å². The highest BCUT2D eigenvalue weighted by molar-refractivity contribution is 7.89. The van der Waals surface area contributed by atoms with Crippen LogP contribution in [0.4, 0.5) is 5.82 Å². The summed E-state index contributed by atoms with van der Waals surface area (Å²) in [6.07, 6.45) is 1.61. The molecule has 0 fully saturated rings. The monoisotopic (exact) mass is 322 g/mol. The lowest BCUT2D eigenvalue weighted by molar-refractivity contribution is 0.598. The molecule has 0 aliphatic carbocycles. The standard InChI is InChI=1S/C13H14N4O2S2/c14-13(20)10-5-6-16-12(7-10)17-8-9-1-3-11(4-2-9)21(15,18)19/h1-7H,8H2,(H2,14,20)(H,16,17)(H2,15,18,19). The molecule has 1 aromatic heterocycles. The van der Waals surface area contributed by atoms with Crippen LogP contribution in [0.5, 0.6) is 0 Å². The van der Waals surface area contributed by atoms with Crippen LogP contribution in [0.25, 0.3) is 0 Å². The Morgan fingerprint density at radius 2 is 1.90 bits per heavy atom. The largest absolute Gasteiger partial charge is 0.389 e. The normalized spacial score (nSPS) is 11.1. The van der Waals surface area contributed by atoms with Crippen molar-refractivity contribution in [3.05, 3.63) is 53.7 Å². The number of pyridine rings is 1. The molecule has 8 heteroatoms. The van der Waals surface area contributed by atoms with Crippen molar-refractivity contribution in [2.45, 2.75) is 11.4 Å². The molecule has 6 nitrogen and oxygen atoms in total. The van der Waals surface area contributed by atoms with E-state index >= 15 is 0 Å². The molecule has 1 heterocycles. The molecule has 0 saturated carbocycles. The van der Waals surface area contributed by atoms with Crippen LogP contribution in [0, 0.1) is 0 Å². The fourth-order valence-electron chi connectivity index (χ4n) is 1.67. The van der Waals surface area contributed by atoms with Gasteiger partial charge >= 0.3 is 0 Å². The molecule has 0 amide bonds. The minimum atomic E-state index is -3.66. The maximum absolute atomic E-state index is 11.2. The molecule has 0 unspecified atom stereocenters. The van der Waals surface area contributed by atoms with E-state index in [0.29, 0.717) is 17.4 Å². The molecule has 0 atom stereocenters. The highest BCUT2D eigenvalue weighted by atomic mass is 32.2. The Balaban J connectivity index is 2.06. The maximum atomic E-state index is 11.2. The molecule has 0 spiro atoms. The van der Waals surface area contributed by atoms with Crippen molar-refractivity contribution < 1.29 is 8.42 Å².